The summed E-state index contributed by atoms with van der Waals surface area (Å²) in [6, 6.07) is 15.7. The predicted molar refractivity (Wildman–Crippen MR) is 88.7 cm³/mol. The lowest BCUT2D eigenvalue weighted by Crippen LogP contribution is -2.22. The van der Waals surface area contributed by atoms with Gasteiger partial charge in [-0.05, 0) is 37.2 Å². The molecule has 0 aliphatic rings. The van der Waals surface area contributed by atoms with E-state index in [1.54, 1.807) is 6.07 Å². The molecule has 0 atom stereocenters. The molecule has 1 aromatic heterocycles. The van der Waals surface area contributed by atoms with Gasteiger partial charge in [0.05, 0.1) is 17.4 Å². The molecule has 1 heterocycles. The number of H-pyrrole nitrogens is 1. The van der Waals surface area contributed by atoms with Gasteiger partial charge in [-0.15, -0.1) is 0 Å². The number of aryl methyl sites for hydroxylation is 1. The fourth-order valence-corrected chi connectivity index (χ4v) is 2.60. The molecule has 112 valence electrons. The van der Waals surface area contributed by atoms with Crippen LogP contribution in [0.2, 0.25) is 0 Å². The van der Waals surface area contributed by atoms with Crippen LogP contribution in [0.15, 0.2) is 53.3 Å². The van der Waals surface area contributed by atoms with E-state index in [0.29, 0.717) is 17.8 Å². The number of aromatic amines is 1. The Labute approximate surface area is 129 Å². The Morgan fingerprint density at radius 3 is 2.59 bits per heavy atom. The van der Waals surface area contributed by atoms with Crippen molar-refractivity contribution >= 4 is 10.9 Å². The highest BCUT2D eigenvalue weighted by Crippen LogP contribution is 2.11. The first-order valence-electron chi connectivity index (χ1n) is 7.34. The number of fused-ring (bicyclic) bond motifs is 1. The molecule has 0 saturated heterocycles. The summed E-state index contributed by atoms with van der Waals surface area (Å²) in [6.07, 6.45) is 0. The summed E-state index contributed by atoms with van der Waals surface area (Å²) in [7, 11) is 2.03. The van der Waals surface area contributed by atoms with Crippen LogP contribution >= 0.6 is 0 Å². The highest BCUT2D eigenvalue weighted by Gasteiger charge is 2.07. The summed E-state index contributed by atoms with van der Waals surface area (Å²) in [5.41, 5.74) is 3.22. The molecule has 0 aliphatic carbocycles. The smallest absolute Gasteiger partial charge is 0.258 e. The maximum Gasteiger partial charge on any atom is 0.258 e. The quantitative estimate of drug-likeness (QED) is 0.804. The molecule has 22 heavy (non-hydrogen) atoms. The lowest BCUT2D eigenvalue weighted by Gasteiger charge is -2.17. The van der Waals surface area contributed by atoms with Gasteiger partial charge in [-0.2, -0.15) is 0 Å². The Hall–Kier alpha value is -2.46. The van der Waals surface area contributed by atoms with Gasteiger partial charge >= 0.3 is 0 Å². The van der Waals surface area contributed by atoms with Gasteiger partial charge in [-0.3, -0.25) is 9.69 Å². The number of hydrogen-bond acceptors (Lipinski definition) is 3. The number of benzene rings is 2. The second-order valence-electron chi connectivity index (χ2n) is 5.63. The molecule has 0 aliphatic heterocycles. The molecule has 0 fully saturated rings. The number of rotatable bonds is 4. The van der Waals surface area contributed by atoms with Gasteiger partial charge in [0, 0.05) is 6.54 Å². The largest absolute Gasteiger partial charge is 0.309 e. The van der Waals surface area contributed by atoms with Gasteiger partial charge < -0.3 is 4.98 Å². The zero-order valence-electron chi connectivity index (χ0n) is 12.8. The standard InChI is InChI=1S/C18H19N3O/c1-13-7-3-4-8-14(13)11-21(2)12-17-19-16-10-6-5-9-15(16)18(22)20-17/h3-10H,11-12H2,1-2H3,(H,19,20,22). The minimum Gasteiger partial charge on any atom is -0.309 e. The fourth-order valence-electron chi connectivity index (χ4n) is 2.60. The summed E-state index contributed by atoms with van der Waals surface area (Å²) >= 11 is 0. The maximum atomic E-state index is 12.1. The van der Waals surface area contributed by atoms with E-state index in [1.165, 1.54) is 11.1 Å². The van der Waals surface area contributed by atoms with Crippen LogP contribution in [0.4, 0.5) is 0 Å². The second kappa shape index (κ2) is 6.12. The van der Waals surface area contributed by atoms with E-state index in [9.17, 15) is 4.79 Å². The van der Waals surface area contributed by atoms with Crippen molar-refractivity contribution < 1.29 is 0 Å². The van der Waals surface area contributed by atoms with Crippen LogP contribution < -0.4 is 5.56 Å². The van der Waals surface area contributed by atoms with Crippen molar-refractivity contribution in [3.05, 3.63) is 75.8 Å². The summed E-state index contributed by atoms with van der Waals surface area (Å²) < 4.78 is 0. The predicted octanol–water partition coefficient (Wildman–Crippen LogP) is 2.86. The lowest BCUT2D eigenvalue weighted by molar-refractivity contribution is 0.310. The molecule has 0 bridgehead atoms. The van der Waals surface area contributed by atoms with E-state index < -0.39 is 0 Å². The van der Waals surface area contributed by atoms with E-state index in [0.717, 1.165) is 12.1 Å². The van der Waals surface area contributed by atoms with Crippen molar-refractivity contribution in [2.24, 2.45) is 0 Å². The van der Waals surface area contributed by atoms with Gasteiger partial charge in [0.25, 0.3) is 5.56 Å². The van der Waals surface area contributed by atoms with Crippen molar-refractivity contribution in [3.8, 4) is 0 Å². The molecule has 3 aromatic rings. The number of aromatic nitrogens is 2. The van der Waals surface area contributed by atoms with Crippen LogP contribution in [-0.2, 0) is 13.1 Å². The normalized spacial score (nSPS) is 11.2. The molecule has 0 radical (unpaired) electrons. The molecule has 0 spiro atoms. The average molecular weight is 293 g/mol. The van der Waals surface area contributed by atoms with Crippen LogP contribution in [-0.4, -0.2) is 21.9 Å². The highest BCUT2D eigenvalue weighted by molar-refractivity contribution is 5.77. The average Bonchev–Trinajstić information content (AvgIpc) is 2.49. The summed E-state index contributed by atoms with van der Waals surface area (Å²) in [4.78, 5) is 21.6. The van der Waals surface area contributed by atoms with Crippen molar-refractivity contribution in [3.63, 3.8) is 0 Å². The van der Waals surface area contributed by atoms with Gasteiger partial charge in [0.15, 0.2) is 0 Å². The molecular formula is C18H19N3O. The molecular weight excluding hydrogens is 274 g/mol. The van der Waals surface area contributed by atoms with E-state index in [-0.39, 0.29) is 5.56 Å². The Kier molecular flexibility index (Phi) is 4.02. The summed E-state index contributed by atoms with van der Waals surface area (Å²) in [6.45, 7) is 3.54. The maximum absolute atomic E-state index is 12.1. The van der Waals surface area contributed by atoms with Crippen LogP contribution in [0.1, 0.15) is 17.0 Å². The summed E-state index contributed by atoms with van der Waals surface area (Å²) in [5, 5.41) is 0.632. The summed E-state index contributed by atoms with van der Waals surface area (Å²) in [5.74, 6) is 0.694. The minimum atomic E-state index is -0.0788. The molecule has 4 nitrogen and oxygen atoms in total. The topological polar surface area (TPSA) is 49.0 Å². The number of hydrogen-bond donors (Lipinski definition) is 1. The van der Waals surface area contributed by atoms with Crippen LogP contribution in [0, 0.1) is 6.92 Å². The first kappa shape index (κ1) is 14.5. The van der Waals surface area contributed by atoms with Crippen LogP contribution in [0.25, 0.3) is 10.9 Å². The third-order valence-electron chi connectivity index (χ3n) is 3.78. The lowest BCUT2D eigenvalue weighted by atomic mass is 10.1. The van der Waals surface area contributed by atoms with E-state index in [1.807, 2.05) is 37.4 Å². The van der Waals surface area contributed by atoms with E-state index >= 15 is 0 Å². The Bertz CT molecular complexity index is 854. The van der Waals surface area contributed by atoms with Gasteiger partial charge in [0.2, 0.25) is 0 Å². The van der Waals surface area contributed by atoms with Crippen molar-refractivity contribution in [2.75, 3.05) is 7.05 Å². The van der Waals surface area contributed by atoms with Crippen molar-refractivity contribution in [1.82, 2.24) is 14.9 Å². The fraction of sp³-hybridized carbons (Fsp3) is 0.222. The first-order chi connectivity index (χ1) is 10.6. The number of nitrogens with one attached hydrogen (secondary N) is 1. The van der Waals surface area contributed by atoms with Gasteiger partial charge in [-0.25, -0.2) is 4.98 Å². The highest BCUT2D eigenvalue weighted by atomic mass is 16.1. The SMILES string of the molecule is Cc1ccccc1CN(C)Cc1nc2ccccc2c(=O)[nH]1. The Morgan fingerprint density at radius 2 is 1.77 bits per heavy atom. The van der Waals surface area contributed by atoms with Crippen molar-refractivity contribution in [2.45, 2.75) is 20.0 Å². The van der Waals surface area contributed by atoms with E-state index in [4.69, 9.17) is 0 Å². The third-order valence-corrected chi connectivity index (χ3v) is 3.78. The molecule has 0 unspecified atom stereocenters. The number of nitrogens with zero attached hydrogens (tertiary/aromatic N) is 2. The molecule has 0 saturated carbocycles. The Morgan fingerprint density at radius 1 is 1.05 bits per heavy atom. The molecule has 1 N–H and O–H groups in total. The van der Waals surface area contributed by atoms with E-state index in [2.05, 4.69) is 33.9 Å². The minimum absolute atomic E-state index is 0.0788. The third kappa shape index (κ3) is 3.07. The van der Waals surface area contributed by atoms with Crippen LogP contribution in [0.3, 0.4) is 0 Å². The Balaban J connectivity index is 1.81. The first-order valence-corrected chi connectivity index (χ1v) is 7.34. The zero-order valence-corrected chi connectivity index (χ0v) is 12.8. The second-order valence-corrected chi connectivity index (χ2v) is 5.63. The molecule has 2 aromatic carbocycles. The zero-order chi connectivity index (χ0) is 15.5. The van der Waals surface area contributed by atoms with Crippen molar-refractivity contribution in [1.29, 1.82) is 0 Å². The molecule has 0 amide bonds. The van der Waals surface area contributed by atoms with Gasteiger partial charge in [0.1, 0.15) is 5.82 Å². The van der Waals surface area contributed by atoms with Crippen LogP contribution in [0.5, 0.6) is 0 Å². The van der Waals surface area contributed by atoms with Gasteiger partial charge in [-0.1, -0.05) is 36.4 Å². The number of para-hydroxylation sites is 1. The monoisotopic (exact) mass is 293 g/mol. The molecule has 4 heteroatoms. The molecule has 3 rings (SSSR count).